The molecule has 5 rings (SSSR count). The van der Waals surface area contributed by atoms with Crippen LogP contribution in [0.15, 0.2) is 58.3 Å². The number of nitrogens with two attached hydrogens (primary N) is 3. The molecule has 0 spiro atoms. The van der Waals surface area contributed by atoms with Crippen LogP contribution < -0.4 is 32.6 Å². The van der Waals surface area contributed by atoms with Gasteiger partial charge >= 0.3 is 11.9 Å². The molecule has 0 saturated carbocycles. The first kappa shape index (κ1) is 33.1. The third kappa shape index (κ3) is 5.98. The van der Waals surface area contributed by atoms with Gasteiger partial charge < -0.3 is 37.3 Å². The number of nitrogen functional groups attached to an aromatic ring is 1. The van der Waals surface area contributed by atoms with Crippen molar-refractivity contribution < 1.29 is 28.7 Å². The fourth-order valence-corrected chi connectivity index (χ4v) is 8.53. The number of carbonyl (C=O) groups excluding carboxylic acids is 4. The van der Waals surface area contributed by atoms with Gasteiger partial charge in [0, 0.05) is 64.3 Å². The van der Waals surface area contributed by atoms with E-state index in [-0.39, 0.29) is 16.9 Å². The SMILES string of the molecule is C=CC(=O)OC(=O)C=C[SH]1C(C(=O)NC2CCCNC2)=C2c3c(ccc(N)c31)C(N)(c1cnc(OCC(C)C)cc1C)C(=O)C2N. The third-order valence-electron chi connectivity index (χ3n) is 8.27. The summed E-state index contributed by atoms with van der Waals surface area (Å²) in [5, 5.41) is 7.84. The lowest BCUT2D eigenvalue weighted by molar-refractivity contribution is -0.152. The molecule has 1 fully saturated rings. The summed E-state index contributed by atoms with van der Waals surface area (Å²) in [5.41, 5.74) is 21.4. The molecule has 0 radical (unpaired) electrons. The third-order valence-corrected chi connectivity index (χ3v) is 10.6. The van der Waals surface area contributed by atoms with Crippen LogP contribution in [0.2, 0.25) is 0 Å². The van der Waals surface area contributed by atoms with Crippen molar-refractivity contribution in [2.75, 3.05) is 25.4 Å². The Balaban J connectivity index is 1.67. The monoisotopic (exact) mass is 648 g/mol. The Hall–Kier alpha value is -4.30. The van der Waals surface area contributed by atoms with Gasteiger partial charge in [-0.3, -0.25) is 9.59 Å². The van der Waals surface area contributed by atoms with E-state index in [2.05, 4.69) is 22.2 Å². The average Bonchev–Trinajstić information content (AvgIpc) is 3.38. The second-order valence-electron chi connectivity index (χ2n) is 12.0. The highest BCUT2D eigenvalue weighted by molar-refractivity contribution is 8.24. The van der Waals surface area contributed by atoms with E-state index >= 15 is 0 Å². The van der Waals surface area contributed by atoms with E-state index in [4.69, 9.17) is 26.7 Å². The molecule has 1 amide bonds. The van der Waals surface area contributed by atoms with Crippen molar-refractivity contribution in [1.82, 2.24) is 15.6 Å². The van der Waals surface area contributed by atoms with Gasteiger partial charge in [-0.1, -0.05) is 26.5 Å². The number of thiol groups is 1. The summed E-state index contributed by atoms with van der Waals surface area (Å²) >= 11 is 0. The molecular formula is C33H40N6O6S. The zero-order valence-electron chi connectivity index (χ0n) is 26.1. The maximum absolute atomic E-state index is 14.4. The summed E-state index contributed by atoms with van der Waals surface area (Å²) in [6, 6.07) is 3.60. The number of ether oxygens (including phenoxy) is 2. The Labute approximate surface area is 270 Å². The van der Waals surface area contributed by atoms with Crippen molar-refractivity contribution in [1.29, 1.82) is 0 Å². The van der Waals surface area contributed by atoms with E-state index in [9.17, 15) is 19.2 Å². The number of hydrogen-bond acceptors (Lipinski definition) is 11. The summed E-state index contributed by atoms with van der Waals surface area (Å²) < 4.78 is 10.5. The Bertz CT molecular complexity index is 1680. The van der Waals surface area contributed by atoms with Crippen LogP contribution in [0, 0.1) is 12.8 Å². The van der Waals surface area contributed by atoms with Crippen LogP contribution in [0.5, 0.6) is 5.88 Å². The summed E-state index contributed by atoms with van der Waals surface area (Å²) in [5.74, 6) is -2.11. The first-order valence-electron chi connectivity index (χ1n) is 15.1. The minimum Gasteiger partial charge on any atom is -0.477 e. The first-order valence-corrected chi connectivity index (χ1v) is 16.5. The van der Waals surface area contributed by atoms with E-state index in [1.165, 1.54) is 11.6 Å². The lowest BCUT2D eigenvalue weighted by Crippen LogP contribution is -2.57. The molecule has 13 heteroatoms. The number of Topliss-reactive ketones (excluding diaryl/α,β-unsaturated/α-hetero) is 1. The summed E-state index contributed by atoms with van der Waals surface area (Å²) in [6.45, 7) is 11.1. The molecule has 2 aromatic rings. The Kier molecular flexibility index (Phi) is 9.49. The van der Waals surface area contributed by atoms with Gasteiger partial charge in [-0.15, -0.1) is 0 Å². The number of hydrogen-bond donors (Lipinski definition) is 6. The van der Waals surface area contributed by atoms with Crippen molar-refractivity contribution >= 4 is 45.8 Å². The molecule has 0 bridgehead atoms. The number of benzene rings is 1. The lowest BCUT2D eigenvalue weighted by atomic mass is 9.67. The number of nitrogens with one attached hydrogen (secondary N) is 2. The number of ketones is 1. The van der Waals surface area contributed by atoms with Gasteiger partial charge in [0.05, 0.1) is 17.6 Å². The number of nitrogens with zero attached hydrogens (tertiary/aromatic N) is 1. The van der Waals surface area contributed by atoms with Crippen LogP contribution in [0.25, 0.3) is 5.57 Å². The second-order valence-corrected chi connectivity index (χ2v) is 14.0. The Morgan fingerprint density at radius 1 is 1.26 bits per heavy atom. The molecule has 3 aliphatic rings. The van der Waals surface area contributed by atoms with Crippen molar-refractivity contribution in [3.63, 3.8) is 0 Å². The number of anilines is 1. The van der Waals surface area contributed by atoms with Crippen LogP contribution in [-0.2, 0) is 29.5 Å². The van der Waals surface area contributed by atoms with Crippen molar-refractivity contribution in [3.8, 4) is 5.88 Å². The first-order chi connectivity index (χ1) is 21.9. The molecule has 8 N–H and O–H groups in total. The second kappa shape index (κ2) is 13.2. The van der Waals surface area contributed by atoms with Crippen LogP contribution in [0.1, 0.15) is 48.9 Å². The zero-order valence-corrected chi connectivity index (χ0v) is 27.0. The highest BCUT2D eigenvalue weighted by atomic mass is 32.2. The minimum absolute atomic E-state index is 0.153. The molecule has 1 aromatic carbocycles. The van der Waals surface area contributed by atoms with Crippen LogP contribution >= 0.6 is 10.9 Å². The van der Waals surface area contributed by atoms with Crippen LogP contribution in [-0.4, -0.2) is 60.4 Å². The normalized spacial score (nSPS) is 24.6. The van der Waals surface area contributed by atoms with Gasteiger partial charge in [0.15, 0.2) is 5.78 Å². The van der Waals surface area contributed by atoms with Crippen LogP contribution in [0.3, 0.4) is 0 Å². The van der Waals surface area contributed by atoms with Crippen molar-refractivity contribution in [2.24, 2.45) is 17.4 Å². The number of aromatic nitrogens is 1. The molecule has 46 heavy (non-hydrogen) atoms. The number of amides is 1. The number of pyridine rings is 1. The van der Waals surface area contributed by atoms with Gasteiger partial charge in [-0.2, -0.15) is 10.9 Å². The average molecular weight is 649 g/mol. The number of esters is 2. The zero-order chi connectivity index (χ0) is 33.3. The smallest absolute Gasteiger partial charge is 0.339 e. The van der Waals surface area contributed by atoms with E-state index in [0.717, 1.165) is 31.5 Å². The summed E-state index contributed by atoms with van der Waals surface area (Å²) in [6.07, 6.45) is 5.13. The highest BCUT2D eigenvalue weighted by Crippen LogP contribution is 2.63. The van der Waals surface area contributed by atoms with Gasteiger partial charge in [-0.25, -0.2) is 14.6 Å². The predicted molar refractivity (Wildman–Crippen MR) is 177 cm³/mol. The van der Waals surface area contributed by atoms with Crippen molar-refractivity contribution in [3.05, 3.63) is 75.7 Å². The lowest BCUT2D eigenvalue weighted by Gasteiger charge is -2.39. The minimum atomic E-state index is -1.79. The van der Waals surface area contributed by atoms with E-state index in [0.29, 0.717) is 57.4 Å². The van der Waals surface area contributed by atoms with Gasteiger partial charge in [-0.05, 0) is 54.8 Å². The topological polar surface area (TPSA) is 202 Å². The molecule has 4 unspecified atom stereocenters. The summed E-state index contributed by atoms with van der Waals surface area (Å²) in [4.78, 5) is 57.9. The highest BCUT2D eigenvalue weighted by Gasteiger charge is 2.53. The van der Waals surface area contributed by atoms with Gasteiger partial charge in [0.2, 0.25) is 5.88 Å². The van der Waals surface area contributed by atoms with Crippen molar-refractivity contribution in [2.45, 2.75) is 56.1 Å². The quantitative estimate of drug-likeness (QED) is 0.0762. The molecule has 3 heterocycles. The summed E-state index contributed by atoms with van der Waals surface area (Å²) in [7, 11) is -1.79. The molecule has 1 aromatic heterocycles. The molecule has 2 aliphatic heterocycles. The number of rotatable bonds is 9. The maximum Gasteiger partial charge on any atom is 0.339 e. The fraction of sp³-hybridized carbons (Fsp3) is 0.364. The molecule has 1 saturated heterocycles. The standard InChI is InChI=1S/C33H40N6O6S/c1-5-24(40)45-25(41)10-12-46-29-22(34)9-8-20-26(29)27(30(46)32(43)39-19-7-6-11-37-14-19)28(35)31(42)33(20,36)21-15-38-23(13-18(21)4)44-16-17(2)3/h5,8-10,12-13,15,17,19,28,37,46H,1,6-7,11,14,16,34-36H2,2-4H3,(H,39,43). The fourth-order valence-electron chi connectivity index (χ4n) is 6.11. The Morgan fingerprint density at radius 3 is 2.67 bits per heavy atom. The van der Waals surface area contributed by atoms with E-state index < -0.39 is 46.1 Å². The Morgan fingerprint density at radius 2 is 2.02 bits per heavy atom. The molecule has 12 nitrogen and oxygen atoms in total. The van der Waals surface area contributed by atoms with Gasteiger partial charge in [0.25, 0.3) is 5.91 Å². The van der Waals surface area contributed by atoms with E-state index in [1.54, 1.807) is 18.2 Å². The largest absolute Gasteiger partial charge is 0.477 e. The van der Waals surface area contributed by atoms with E-state index in [1.807, 2.05) is 20.8 Å². The number of piperidine rings is 1. The molecule has 4 atom stereocenters. The number of aryl methyl sites for hydroxylation is 1. The maximum atomic E-state index is 14.4. The molecule has 1 aliphatic carbocycles. The van der Waals surface area contributed by atoms with Gasteiger partial charge in [0.1, 0.15) is 5.54 Å². The predicted octanol–water partition coefficient (Wildman–Crippen LogP) is 1.84. The molecule has 244 valence electrons. The van der Waals surface area contributed by atoms with Crippen LogP contribution in [0.4, 0.5) is 5.69 Å². The number of carbonyl (C=O) groups is 4. The molecular weight excluding hydrogens is 608 g/mol.